The Hall–Kier alpha value is -2.27. The molecule has 0 atom stereocenters. The summed E-state index contributed by atoms with van der Waals surface area (Å²) in [4.78, 5) is 21.6. The van der Waals surface area contributed by atoms with Crippen LogP contribution in [0.15, 0.2) is 41.6 Å². The van der Waals surface area contributed by atoms with Gasteiger partial charge in [0.25, 0.3) is 5.56 Å². The summed E-state index contributed by atoms with van der Waals surface area (Å²) in [5, 5.41) is 12.7. The maximum atomic E-state index is 13.0. The van der Waals surface area contributed by atoms with Gasteiger partial charge in [0.05, 0.1) is 5.60 Å². The molecule has 0 amide bonds. The van der Waals surface area contributed by atoms with E-state index in [1.165, 1.54) is 6.33 Å². The molecular formula is C18H19N3O2. The van der Waals surface area contributed by atoms with E-state index >= 15 is 0 Å². The van der Waals surface area contributed by atoms with Crippen LogP contribution in [0.1, 0.15) is 38.6 Å². The van der Waals surface area contributed by atoms with Crippen molar-refractivity contribution in [2.45, 2.75) is 44.2 Å². The average Bonchev–Trinajstić information content (AvgIpc) is 2.56. The van der Waals surface area contributed by atoms with Crippen LogP contribution in [0.3, 0.4) is 0 Å². The maximum absolute atomic E-state index is 13.0. The van der Waals surface area contributed by atoms with Crippen molar-refractivity contribution in [3.63, 3.8) is 0 Å². The van der Waals surface area contributed by atoms with Gasteiger partial charge >= 0.3 is 0 Å². The fourth-order valence-corrected chi connectivity index (χ4v) is 3.66. The molecule has 5 nitrogen and oxygen atoms in total. The second kappa shape index (κ2) is 5.13. The molecule has 1 aliphatic carbocycles. The largest absolute Gasteiger partial charge is 0.390 e. The third-order valence-electron chi connectivity index (χ3n) is 4.98. The van der Waals surface area contributed by atoms with E-state index in [0.717, 1.165) is 23.6 Å². The summed E-state index contributed by atoms with van der Waals surface area (Å²) in [5.74, 6) is 0. The van der Waals surface area contributed by atoms with Crippen molar-refractivity contribution in [3.8, 4) is 0 Å². The molecule has 1 saturated carbocycles. The number of hydrogen-bond donors (Lipinski definition) is 1. The van der Waals surface area contributed by atoms with Gasteiger partial charge in [0.2, 0.25) is 0 Å². The molecule has 0 saturated heterocycles. The summed E-state index contributed by atoms with van der Waals surface area (Å²) in [5.41, 5.74) is 0.0652. The highest BCUT2D eigenvalue weighted by Gasteiger charge is 2.31. The Bertz CT molecular complexity index is 936. The molecule has 0 radical (unpaired) electrons. The Morgan fingerprint density at radius 2 is 1.87 bits per heavy atom. The zero-order valence-corrected chi connectivity index (χ0v) is 13.1. The number of pyridine rings is 1. The van der Waals surface area contributed by atoms with E-state index in [4.69, 9.17) is 0 Å². The first-order chi connectivity index (χ1) is 11.1. The standard InChI is InChI=1S/C18H19N3O2/c1-18(23)8-6-12(7-9-18)21-16-15(10-19-11-20-16)13-4-2-3-5-14(13)17(21)22/h2-5,10-12,23H,6-9H2,1H3. The van der Waals surface area contributed by atoms with Gasteiger partial charge in [-0.05, 0) is 44.1 Å². The van der Waals surface area contributed by atoms with Crippen LogP contribution in [0.2, 0.25) is 0 Å². The minimum Gasteiger partial charge on any atom is -0.390 e. The Labute approximate surface area is 133 Å². The normalized spacial score (nSPS) is 25.0. The molecule has 1 fully saturated rings. The lowest BCUT2D eigenvalue weighted by molar-refractivity contribution is 0.0100. The smallest absolute Gasteiger partial charge is 0.260 e. The van der Waals surface area contributed by atoms with Crippen molar-refractivity contribution < 1.29 is 5.11 Å². The lowest BCUT2D eigenvalue weighted by Gasteiger charge is -2.34. The number of aromatic nitrogens is 3. The summed E-state index contributed by atoms with van der Waals surface area (Å²) in [7, 11) is 0. The van der Waals surface area contributed by atoms with Crippen molar-refractivity contribution in [2.75, 3.05) is 0 Å². The summed E-state index contributed by atoms with van der Waals surface area (Å²) in [6.45, 7) is 1.87. The van der Waals surface area contributed by atoms with Gasteiger partial charge in [-0.15, -0.1) is 0 Å². The van der Waals surface area contributed by atoms with E-state index in [2.05, 4.69) is 9.97 Å². The van der Waals surface area contributed by atoms with Gasteiger partial charge in [-0.1, -0.05) is 18.2 Å². The minimum absolute atomic E-state index is 0.00153. The fraction of sp³-hybridized carbons (Fsp3) is 0.389. The van der Waals surface area contributed by atoms with Crippen LogP contribution < -0.4 is 5.56 Å². The number of benzene rings is 1. The highest BCUT2D eigenvalue weighted by molar-refractivity contribution is 6.03. The molecule has 1 aliphatic rings. The molecule has 0 bridgehead atoms. The van der Waals surface area contributed by atoms with E-state index in [1.54, 1.807) is 6.20 Å². The number of aliphatic hydroxyl groups is 1. The number of nitrogens with zero attached hydrogens (tertiary/aromatic N) is 3. The van der Waals surface area contributed by atoms with E-state index in [0.29, 0.717) is 23.9 Å². The zero-order valence-electron chi connectivity index (χ0n) is 13.1. The van der Waals surface area contributed by atoms with Crippen molar-refractivity contribution in [1.82, 2.24) is 14.5 Å². The van der Waals surface area contributed by atoms with Crippen LogP contribution >= 0.6 is 0 Å². The Balaban J connectivity index is 1.98. The summed E-state index contributed by atoms with van der Waals surface area (Å²) in [6.07, 6.45) is 6.23. The third-order valence-corrected chi connectivity index (χ3v) is 4.98. The van der Waals surface area contributed by atoms with Gasteiger partial charge in [0.1, 0.15) is 12.0 Å². The molecular weight excluding hydrogens is 290 g/mol. The predicted octanol–water partition coefficient (Wildman–Crippen LogP) is 2.81. The van der Waals surface area contributed by atoms with Crippen LogP contribution in [0, 0.1) is 0 Å². The van der Waals surface area contributed by atoms with Gasteiger partial charge in [-0.2, -0.15) is 0 Å². The topological polar surface area (TPSA) is 68.0 Å². The fourth-order valence-electron chi connectivity index (χ4n) is 3.66. The summed E-state index contributed by atoms with van der Waals surface area (Å²) >= 11 is 0. The molecule has 4 rings (SSSR count). The minimum atomic E-state index is -0.623. The molecule has 0 unspecified atom stereocenters. The SMILES string of the molecule is CC1(O)CCC(n2c(=O)c3ccccc3c3cncnc32)CC1. The van der Waals surface area contributed by atoms with Crippen LogP contribution in [0.5, 0.6) is 0 Å². The van der Waals surface area contributed by atoms with Crippen LogP contribution in [0.4, 0.5) is 0 Å². The lowest BCUT2D eigenvalue weighted by Crippen LogP contribution is -2.35. The molecule has 1 aromatic carbocycles. The highest BCUT2D eigenvalue weighted by atomic mass is 16.3. The Morgan fingerprint density at radius 1 is 1.17 bits per heavy atom. The quantitative estimate of drug-likeness (QED) is 0.702. The first kappa shape index (κ1) is 14.3. The lowest BCUT2D eigenvalue weighted by atomic mass is 9.83. The molecule has 2 aromatic heterocycles. The number of hydrogen-bond acceptors (Lipinski definition) is 4. The molecule has 3 aromatic rings. The molecule has 5 heteroatoms. The molecule has 1 N–H and O–H groups in total. The van der Waals surface area contributed by atoms with Crippen molar-refractivity contribution in [3.05, 3.63) is 47.1 Å². The van der Waals surface area contributed by atoms with Crippen molar-refractivity contribution in [1.29, 1.82) is 0 Å². The molecule has 118 valence electrons. The predicted molar refractivity (Wildman–Crippen MR) is 89.4 cm³/mol. The summed E-state index contributed by atoms with van der Waals surface area (Å²) in [6, 6.07) is 7.69. The summed E-state index contributed by atoms with van der Waals surface area (Å²) < 4.78 is 1.81. The monoisotopic (exact) mass is 309 g/mol. The van der Waals surface area contributed by atoms with Crippen LogP contribution in [0.25, 0.3) is 21.8 Å². The average molecular weight is 309 g/mol. The van der Waals surface area contributed by atoms with Gasteiger partial charge in [-0.3, -0.25) is 9.36 Å². The Kier molecular flexibility index (Phi) is 3.20. The number of fused-ring (bicyclic) bond motifs is 3. The number of rotatable bonds is 1. The van der Waals surface area contributed by atoms with Gasteiger partial charge in [0.15, 0.2) is 0 Å². The van der Waals surface area contributed by atoms with Gasteiger partial charge < -0.3 is 5.11 Å². The highest BCUT2D eigenvalue weighted by Crippen LogP contribution is 2.35. The first-order valence-corrected chi connectivity index (χ1v) is 8.02. The zero-order chi connectivity index (χ0) is 16.0. The van der Waals surface area contributed by atoms with Crippen LogP contribution in [-0.2, 0) is 0 Å². The molecule has 0 aliphatic heterocycles. The second-order valence-electron chi connectivity index (χ2n) is 6.71. The third kappa shape index (κ3) is 2.32. The van der Waals surface area contributed by atoms with E-state index in [9.17, 15) is 9.90 Å². The van der Waals surface area contributed by atoms with Crippen molar-refractivity contribution in [2.24, 2.45) is 0 Å². The van der Waals surface area contributed by atoms with E-state index in [1.807, 2.05) is 35.8 Å². The maximum Gasteiger partial charge on any atom is 0.260 e. The Morgan fingerprint density at radius 3 is 2.61 bits per heavy atom. The van der Waals surface area contributed by atoms with E-state index < -0.39 is 5.60 Å². The van der Waals surface area contributed by atoms with Gasteiger partial charge in [-0.25, -0.2) is 9.97 Å². The molecule has 2 heterocycles. The van der Waals surface area contributed by atoms with E-state index in [-0.39, 0.29) is 11.6 Å². The molecule has 23 heavy (non-hydrogen) atoms. The van der Waals surface area contributed by atoms with Crippen molar-refractivity contribution >= 4 is 21.8 Å². The van der Waals surface area contributed by atoms with Crippen LogP contribution in [-0.4, -0.2) is 25.2 Å². The van der Waals surface area contributed by atoms with Gasteiger partial charge in [0, 0.05) is 23.0 Å². The second-order valence-corrected chi connectivity index (χ2v) is 6.71. The first-order valence-electron chi connectivity index (χ1n) is 8.02. The molecule has 0 spiro atoms.